The summed E-state index contributed by atoms with van der Waals surface area (Å²) in [7, 11) is 0. The Morgan fingerprint density at radius 3 is 2.77 bits per heavy atom. The minimum Gasteiger partial charge on any atom is -0.513 e. The summed E-state index contributed by atoms with van der Waals surface area (Å²) in [6, 6.07) is -0.0200. The van der Waals surface area contributed by atoms with Crippen molar-refractivity contribution in [3.8, 4) is 0 Å². The van der Waals surface area contributed by atoms with Crippen LogP contribution in [0.5, 0.6) is 0 Å². The fourth-order valence-electron chi connectivity index (χ4n) is 6.26. The van der Waals surface area contributed by atoms with Crippen LogP contribution in [0.3, 0.4) is 0 Å². The molecule has 5 unspecified atom stereocenters. The Morgan fingerprint density at radius 1 is 1.29 bits per heavy atom. The molecule has 0 radical (unpaired) electrons. The van der Waals surface area contributed by atoms with Crippen molar-refractivity contribution in [3.05, 3.63) is 35.3 Å². The molecule has 0 saturated carbocycles. The predicted molar refractivity (Wildman–Crippen MR) is 138 cm³/mol. The zero-order valence-electron chi connectivity index (χ0n) is 21.7. The summed E-state index contributed by atoms with van der Waals surface area (Å²) in [5.41, 5.74) is 10.3. The number of hydrogen-bond donors (Lipinski definition) is 4. The van der Waals surface area contributed by atoms with Gasteiger partial charge in [0.05, 0.1) is 29.8 Å². The van der Waals surface area contributed by atoms with Gasteiger partial charge in [-0.05, 0) is 88.9 Å². The minimum atomic E-state index is -0.459. The Labute approximate surface area is 211 Å². The van der Waals surface area contributed by atoms with Gasteiger partial charge >= 0.3 is 0 Å². The fourth-order valence-corrected chi connectivity index (χ4v) is 6.26. The highest BCUT2D eigenvalue weighted by molar-refractivity contribution is 5.13. The highest BCUT2D eigenvalue weighted by Gasteiger charge is 2.47. The van der Waals surface area contributed by atoms with Crippen LogP contribution in [0.1, 0.15) is 71.6 Å². The number of rotatable bonds is 11. The minimum absolute atomic E-state index is 0.0171. The van der Waals surface area contributed by atoms with E-state index in [0.717, 1.165) is 70.3 Å². The molecule has 2 heterocycles. The molecule has 0 bridgehead atoms. The summed E-state index contributed by atoms with van der Waals surface area (Å²) in [4.78, 5) is 8.60. The van der Waals surface area contributed by atoms with E-state index in [-0.39, 0.29) is 24.0 Å². The molecule has 2 aliphatic heterocycles. The molecule has 0 aromatic carbocycles. The second-order valence-corrected chi connectivity index (χ2v) is 11.1. The maximum Gasteiger partial charge on any atom is 0.123 e. The summed E-state index contributed by atoms with van der Waals surface area (Å²) in [6.45, 7) is 8.27. The molecule has 2 fully saturated rings. The third-order valence-electron chi connectivity index (χ3n) is 8.33. The van der Waals surface area contributed by atoms with Crippen LogP contribution in [0, 0.1) is 17.8 Å². The first-order valence-corrected chi connectivity index (χ1v) is 13.9. The van der Waals surface area contributed by atoms with E-state index < -0.39 is 6.10 Å². The number of hydrogen-bond acceptors (Lipinski definition) is 7. The third kappa shape index (κ3) is 6.89. The van der Waals surface area contributed by atoms with E-state index in [0.29, 0.717) is 30.7 Å². The van der Waals surface area contributed by atoms with Gasteiger partial charge in [-0.2, -0.15) is 5.48 Å². The standard InChI is InChI=1S/C28H47N3O4/c1-3-15-31-17-24(18-31)34-23-12-8-20(9-13-23)27(33)26-25(16-19(2)5-4-14-29)30-35-28(26)21-6-10-22(32)11-7-21/h10,12,16,20-21,24-28,30,32-33H,3-9,11,13-15,17-18,29H2,1-2H3/b19-16+/t20-,21?,25?,26?,27?,28?/m1/s1. The molecule has 0 spiro atoms. The number of aliphatic hydroxyl groups excluding tert-OH is 2. The summed E-state index contributed by atoms with van der Waals surface area (Å²) < 4.78 is 6.25. The van der Waals surface area contributed by atoms with Crippen LogP contribution in [0.25, 0.3) is 0 Å². The quantitative estimate of drug-likeness (QED) is 0.326. The summed E-state index contributed by atoms with van der Waals surface area (Å²) in [5.74, 6) is 2.06. The van der Waals surface area contributed by atoms with Gasteiger partial charge in [0.1, 0.15) is 6.10 Å². The number of ether oxygens (including phenoxy) is 1. The van der Waals surface area contributed by atoms with Gasteiger partial charge in [0, 0.05) is 31.8 Å². The van der Waals surface area contributed by atoms with Gasteiger partial charge in [-0.1, -0.05) is 18.6 Å². The maximum absolute atomic E-state index is 11.7. The SMILES string of the molecule is CCCN1CC(OC2=CC[C@@H](C(O)C3C(/C=C(\C)CCCN)NOC3C3CC=C(O)CC3)CC2)C1. The number of nitrogens with two attached hydrogens (primary N) is 1. The highest BCUT2D eigenvalue weighted by atomic mass is 16.7. The van der Waals surface area contributed by atoms with E-state index in [1.807, 2.05) is 6.08 Å². The number of likely N-dealkylation sites (tertiary alicyclic amines) is 1. The number of nitrogens with one attached hydrogen (secondary N) is 1. The van der Waals surface area contributed by atoms with Crippen LogP contribution >= 0.6 is 0 Å². The Bertz CT molecular complexity index is 776. The second kappa shape index (κ2) is 12.7. The molecule has 4 rings (SSSR count). The molecule has 4 aliphatic rings. The van der Waals surface area contributed by atoms with Crippen molar-refractivity contribution in [3.63, 3.8) is 0 Å². The lowest BCUT2D eigenvalue weighted by Crippen LogP contribution is -2.52. The average molecular weight is 490 g/mol. The van der Waals surface area contributed by atoms with Crippen molar-refractivity contribution in [2.24, 2.45) is 23.5 Å². The zero-order valence-corrected chi connectivity index (χ0v) is 21.7. The normalized spacial score (nSPS) is 33.7. The maximum atomic E-state index is 11.7. The summed E-state index contributed by atoms with van der Waals surface area (Å²) in [5, 5.41) is 21.6. The second-order valence-electron chi connectivity index (χ2n) is 11.1. The van der Waals surface area contributed by atoms with Crippen molar-refractivity contribution in [1.82, 2.24) is 10.4 Å². The molecule has 0 aromatic heterocycles. The average Bonchev–Trinajstić information content (AvgIpc) is 3.25. The number of allylic oxidation sites excluding steroid dienone is 5. The Morgan fingerprint density at radius 2 is 2.11 bits per heavy atom. The molecular weight excluding hydrogens is 442 g/mol. The lowest BCUT2D eigenvalue weighted by atomic mass is 9.73. The Kier molecular flexibility index (Phi) is 9.70. The molecule has 7 nitrogen and oxygen atoms in total. The van der Waals surface area contributed by atoms with Gasteiger partial charge in [0.2, 0.25) is 0 Å². The van der Waals surface area contributed by atoms with Crippen LogP contribution in [0.4, 0.5) is 0 Å². The topological polar surface area (TPSA) is 100 Å². The largest absolute Gasteiger partial charge is 0.513 e. The van der Waals surface area contributed by atoms with E-state index in [2.05, 4.69) is 36.4 Å². The molecule has 2 aliphatic carbocycles. The first-order valence-electron chi connectivity index (χ1n) is 13.9. The van der Waals surface area contributed by atoms with E-state index in [9.17, 15) is 10.2 Å². The van der Waals surface area contributed by atoms with Crippen LogP contribution in [-0.4, -0.2) is 65.6 Å². The number of nitrogens with zero attached hydrogens (tertiary/aromatic N) is 1. The van der Waals surface area contributed by atoms with Crippen molar-refractivity contribution in [2.45, 2.75) is 96.0 Å². The molecule has 0 amide bonds. The van der Waals surface area contributed by atoms with Crippen molar-refractivity contribution in [1.29, 1.82) is 0 Å². The zero-order chi connectivity index (χ0) is 24.8. The molecule has 7 heteroatoms. The van der Waals surface area contributed by atoms with E-state index >= 15 is 0 Å². The van der Waals surface area contributed by atoms with Gasteiger partial charge in [0.25, 0.3) is 0 Å². The lowest BCUT2D eigenvalue weighted by Gasteiger charge is -2.40. The van der Waals surface area contributed by atoms with Crippen molar-refractivity contribution >= 4 is 0 Å². The first-order chi connectivity index (χ1) is 17.0. The van der Waals surface area contributed by atoms with Gasteiger partial charge in [-0.15, -0.1) is 0 Å². The molecule has 35 heavy (non-hydrogen) atoms. The van der Waals surface area contributed by atoms with Crippen molar-refractivity contribution < 1.29 is 19.8 Å². The number of aliphatic hydroxyl groups is 2. The van der Waals surface area contributed by atoms with Crippen molar-refractivity contribution in [2.75, 3.05) is 26.2 Å². The van der Waals surface area contributed by atoms with Gasteiger partial charge in [0.15, 0.2) is 0 Å². The van der Waals surface area contributed by atoms with E-state index in [1.54, 1.807) is 0 Å². The molecular formula is C28H47N3O4. The van der Waals surface area contributed by atoms with Crippen LogP contribution < -0.4 is 11.2 Å². The van der Waals surface area contributed by atoms with Gasteiger partial charge in [-0.3, -0.25) is 9.74 Å². The molecule has 198 valence electrons. The molecule has 5 N–H and O–H groups in total. The van der Waals surface area contributed by atoms with E-state index in [1.165, 1.54) is 12.0 Å². The highest BCUT2D eigenvalue weighted by Crippen LogP contribution is 2.40. The van der Waals surface area contributed by atoms with E-state index in [4.69, 9.17) is 15.3 Å². The molecule has 6 atom stereocenters. The monoisotopic (exact) mass is 489 g/mol. The lowest BCUT2D eigenvalue weighted by molar-refractivity contribution is -0.0532. The predicted octanol–water partition coefficient (Wildman–Crippen LogP) is 3.96. The Balaban J connectivity index is 1.39. The first kappa shape index (κ1) is 26.7. The Hall–Kier alpha value is -1.38. The smallest absolute Gasteiger partial charge is 0.123 e. The molecule has 0 aromatic rings. The van der Waals surface area contributed by atoms with Crippen LogP contribution in [0.15, 0.2) is 35.3 Å². The summed E-state index contributed by atoms with van der Waals surface area (Å²) in [6.07, 6.45) is 14.4. The van der Waals surface area contributed by atoms with Crippen LogP contribution in [0.2, 0.25) is 0 Å². The summed E-state index contributed by atoms with van der Waals surface area (Å²) >= 11 is 0. The van der Waals surface area contributed by atoms with Crippen LogP contribution in [-0.2, 0) is 9.57 Å². The number of hydroxylamine groups is 1. The molecule has 2 saturated heterocycles. The van der Waals surface area contributed by atoms with Gasteiger partial charge in [-0.25, -0.2) is 0 Å². The fraction of sp³-hybridized carbons (Fsp3) is 0.786. The van der Waals surface area contributed by atoms with Gasteiger partial charge < -0.3 is 20.7 Å². The third-order valence-corrected chi connectivity index (χ3v) is 8.33.